The molecule has 0 saturated carbocycles. The summed E-state index contributed by atoms with van der Waals surface area (Å²) in [5.41, 5.74) is 3.54. The van der Waals surface area contributed by atoms with Crippen LogP contribution >= 0.6 is 0 Å². The molecule has 28 heavy (non-hydrogen) atoms. The van der Waals surface area contributed by atoms with Crippen LogP contribution in [0.1, 0.15) is 33.4 Å². The molecule has 4 aromatic rings. The van der Waals surface area contributed by atoms with Gasteiger partial charge in [-0.1, -0.05) is 6.08 Å². The molecule has 0 N–H and O–H groups in total. The topological polar surface area (TPSA) is 74.7 Å². The van der Waals surface area contributed by atoms with Crippen LogP contribution in [0.15, 0.2) is 48.9 Å². The lowest BCUT2D eigenvalue weighted by atomic mass is 9.94. The van der Waals surface area contributed by atoms with Crippen molar-refractivity contribution in [3.05, 3.63) is 54.6 Å². The fraction of sp³-hybridized carbons (Fsp3) is 0.273. The molecule has 4 heterocycles. The van der Waals surface area contributed by atoms with Crippen molar-refractivity contribution in [2.24, 2.45) is 0 Å². The molecule has 0 saturated heterocycles. The maximum atomic E-state index is 12.8. The van der Waals surface area contributed by atoms with Gasteiger partial charge in [0.2, 0.25) is 0 Å². The molecule has 1 aliphatic heterocycles. The van der Waals surface area contributed by atoms with E-state index in [2.05, 4.69) is 9.97 Å². The molecular formula is C22H20N5O. The average molecular weight is 370 g/mol. The summed E-state index contributed by atoms with van der Waals surface area (Å²) < 4.78 is 0. The zero-order chi connectivity index (χ0) is 19.7. The van der Waals surface area contributed by atoms with Gasteiger partial charge >= 0.3 is 0 Å². The number of benzene rings is 1. The summed E-state index contributed by atoms with van der Waals surface area (Å²) in [5.74, 6) is 0. The summed E-state index contributed by atoms with van der Waals surface area (Å²) >= 11 is 0. The third-order valence-electron chi connectivity index (χ3n) is 5.59. The zero-order valence-electron chi connectivity index (χ0n) is 16.3. The molecule has 0 fully saturated rings. The molecule has 0 atom stereocenters. The second kappa shape index (κ2) is 5.53. The van der Waals surface area contributed by atoms with E-state index >= 15 is 0 Å². The van der Waals surface area contributed by atoms with Gasteiger partial charge in [-0.05, 0) is 57.5 Å². The van der Waals surface area contributed by atoms with E-state index in [0.717, 1.165) is 49.2 Å². The Morgan fingerprint density at radius 2 is 1.39 bits per heavy atom. The largest absolute Gasteiger partial charge is 0.254 e. The van der Waals surface area contributed by atoms with E-state index in [9.17, 15) is 5.21 Å². The molecule has 0 amide bonds. The van der Waals surface area contributed by atoms with E-state index in [4.69, 9.17) is 9.97 Å². The number of hydroxylamine groups is 2. The molecule has 3 aromatic heterocycles. The maximum Gasteiger partial charge on any atom is 0.0995 e. The summed E-state index contributed by atoms with van der Waals surface area (Å²) in [6.45, 7) is 7.69. The highest BCUT2D eigenvalue weighted by Gasteiger charge is 2.47. The summed E-state index contributed by atoms with van der Waals surface area (Å²) in [6, 6.07) is 7.78. The van der Waals surface area contributed by atoms with Crippen molar-refractivity contribution in [2.75, 3.05) is 0 Å². The van der Waals surface area contributed by atoms with Gasteiger partial charge < -0.3 is 0 Å². The first kappa shape index (κ1) is 17.2. The van der Waals surface area contributed by atoms with Crippen LogP contribution in [0.5, 0.6) is 0 Å². The minimum atomic E-state index is -0.682. The molecule has 0 spiro atoms. The Morgan fingerprint density at radius 1 is 0.821 bits per heavy atom. The monoisotopic (exact) mass is 370 g/mol. The van der Waals surface area contributed by atoms with Gasteiger partial charge in [0.25, 0.3) is 0 Å². The number of aromatic nitrogens is 4. The van der Waals surface area contributed by atoms with Gasteiger partial charge in [-0.2, -0.15) is 0 Å². The predicted octanol–water partition coefficient (Wildman–Crippen LogP) is 4.33. The molecule has 1 aromatic carbocycles. The standard InChI is InChI=1S/C22H20N5O/c1-21(2)11-15(22(3,4)27(21)28)16-12-25-19-13-7-5-9-23-17(13)18-14(20(19)26-16)8-6-10-24-18/h5-12H,1-4H3. The SMILES string of the molecule is CC1(C)C=C(c2cnc3c4cccnc4c4ncccc4c3n2)C(C)(C)N1[O]. The van der Waals surface area contributed by atoms with Crippen LogP contribution in [0, 0.1) is 0 Å². The third-order valence-corrected chi connectivity index (χ3v) is 5.59. The van der Waals surface area contributed by atoms with E-state index in [0.29, 0.717) is 0 Å². The van der Waals surface area contributed by atoms with Crippen molar-refractivity contribution in [1.29, 1.82) is 0 Å². The first-order valence-electron chi connectivity index (χ1n) is 9.30. The van der Waals surface area contributed by atoms with E-state index in [1.807, 2.05) is 58.0 Å². The second-order valence-corrected chi connectivity index (χ2v) is 8.32. The van der Waals surface area contributed by atoms with Gasteiger partial charge in [0.15, 0.2) is 0 Å². The Kier molecular flexibility index (Phi) is 3.39. The quantitative estimate of drug-likeness (QED) is 0.466. The van der Waals surface area contributed by atoms with Crippen LogP contribution in [0.2, 0.25) is 0 Å². The molecule has 139 valence electrons. The molecule has 5 rings (SSSR count). The van der Waals surface area contributed by atoms with Crippen molar-refractivity contribution >= 4 is 38.4 Å². The van der Waals surface area contributed by atoms with Crippen LogP contribution < -0.4 is 0 Å². The van der Waals surface area contributed by atoms with Gasteiger partial charge in [0, 0.05) is 23.2 Å². The van der Waals surface area contributed by atoms with Gasteiger partial charge in [0.05, 0.1) is 45.0 Å². The van der Waals surface area contributed by atoms with E-state index in [1.165, 1.54) is 0 Å². The Hall–Kier alpha value is -2.96. The molecule has 6 nitrogen and oxygen atoms in total. The normalized spacial score (nSPS) is 18.8. The number of nitrogens with zero attached hydrogens (tertiary/aromatic N) is 5. The van der Waals surface area contributed by atoms with Crippen LogP contribution in [0.25, 0.3) is 38.4 Å². The van der Waals surface area contributed by atoms with Crippen LogP contribution in [-0.4, -0.2) is 36.1 Å². The summed E-state index contributed by atoms with van der Waals surface area (Å²) in [5, 5.41) is 15.7. The highest BCUT2D eigenvalue weighted by Crippen LogP contribution is 2.43. The Balaban J connectivity index is 1.86. The summed E-state index contributed by atoms with van der Waals surface area (Å²) in [7, 11) is 0. The van der Waals surface area contributed by atoms with Gasteiger partial charge in [0.1, 0.15) is 0 Å². The average Bonchev–Trinajstić information content (AvgIpc) is 2.87. The van der Waals surface area contributed by atoms with Crippen molar-refractivity contribution in [3.8, 4) is 0 Å². The second-order valence-electron chi connectivity index (χ2n) is 8.32. The van der Waals surface area contributed by atoms with E-state index in [1.54, 1.807) is 18.6 Å². The number of rotatable bonds is 1. The Morgan fingerprint density at radius 3 is 1.96 bits per heavy atom. The number of hydrogen-bond acceptors (Lipinski definition) is 5. The van der Waals surface area contributed by atoms with E-state index in [-0.39, 0.29) is 0 Å². The Labute approximate surface area is 162 Å². The molecule has 6 heteroatoms. The predicted molar refractivity (Wildman–Crippen MR) is 109 cm³/mol. The highest BCUT2D eigenvalue weighted by atomic mass is 16.5. The maximum absolute atomic E-state index is 12.8. The van der Waals surface area contributed by atoms with Gasteiger partial charge in [-0.25, -0.2) is 4.98 Å². The smallest absolute Gasteiger partial charge is 0.0995 e. The minimum absolute atomic E-state index is 0.591. The fourth-order valence-corrected chi connectivity index (χ4v) is 4.28. The van der Waals surface area contributed by atoms with Crippen molar-refractivity contribution in [1.82, 2.24) is 25.0 Å². The highest BCUT2D eigenvalue weighted by molar-refractivity contribution is 6.20. The fourth-order valence-electron chi connectivity index (χ4n) is 4.28. The van der Waals surface area contributed by atoms with Crippen LogP contribution in [0.4, 0.5) is 0 Å². The lowest BCUT2D eigenvalue weighted by Gasteiger charge is -2.33. The Bertz CT molecular complexity index is 1260. The lowest BCUT2D eigenvalue weighted by molar-refractivity contribution is -0.234. The van der Waals surface area contributed by atoms with Crippen molar-refractivity contribution in [3.63, 3.8) is 0 Å². The minimum Gasteiger partial charge on any atom is -0.254 e. The number of fused-ring (bicyclic) bond motifs is 6. The molecule has 0 aliphatic carbocycles. The molecule has 1 radical (unpaired) electrons. The summed E-state index contributed by atoms with van der Waals surface area (Å²) in [6.07, 6.45) is 7.29. The number of hydrogen-bond donors (Lipinski definition) is 0. The first-order chi connectivity index (χ1) is 13.3. The van der Waals surface area contributed by atoms with Crippen molar-refractivity contribution < 1.29 is 5.21 Å². The molecule has 0 unspecified atom stereocenters. The van der Waals surface area contributed by atoms with Gasteiger partial charge in [-0.15, -0.1) is 10.3 Å². The number of pyridine rings is 2. The van der Waals surface area contributed by atoms with Crippen molar-refractivity contribution in [2.45, 2.75) is 38.8 Å². The van der Waals surface area contributed by atoms with Gasteiger partial charge in [-0.3, -0.25) is 15.0 Å². The van der Waals surface area contributed by atoms with Crippen LogP contribution in [0.3, 0.4) is 0 Å². The zero-order valence-corrected chi connectivity index (χ0v) is 16.3. The molecule has 0 bridgehead atoms. The molecular weight excluding hydrogens is 350 g/mol. The van der Waals surface area contributed by atoms with Crippen LogP contribution in [-0.2, 0) is 5.21 Å². The first-order valence-corrected chi connectivity index (χ1v) is 9.30. The summed E-state index contributed by atoms with van der Waals surface area (Å²) in [4.78, 5) is 18.8. The molecule has 1 aliphatic rings. The lowest BCUT2D eigenvalue weighted by Crippen LogP contribution is -2.46. The van der Waals surface area contributed by atoms with E-state index < -0.39 is 11.1 Å². The third kappa shape index (κ3) is 2.22.